The highest BCUT2D eigenvalue weighted by atomic mass is 16.4. The molecule has 3 nitrogen and oxygen atoms in total. The van der Waals surface area contributed by atoms with Crippen LogP contribution in [0.1, 0.15) is 5.56 Å². The summed E-state index contributed by atoms with van der Waals surface area (Å²) >= 11 is 0. The minimum absolute atomic E-state index is 0.579. The van der Waals surface area contributed by atoms with E-state index in [4.69, 9.17) is 10.8 Å². The Kier molecular flexibility index (Phi) is 2.48. The van der Waals surface area contributed by atoms with Crippen molar-refractivity contribution in [2.75, 3.05) is 5.73 Å². The van der Waals surface area contributed by atoms with Gasteiger partial charge in [0.2, 0.25) is 0 Å². The standard InChI is InChI=1S/C9H9NO2/c10-8-4-2-1-3-7(8)5-6-9(11)12/h1-6H,10H2,(H,11,12). The maximum Gasteiger partial charge on any atom is 0.328 e. The van der Waals surface area contributed by atoms with E-state index in [1.807, 2.05) is 0 Å². The average molecular weight is 163 g/mol. The summed E-state index contributed by atoms with van der Waals surface area (Å²) in [5, 5.41) is 8.34. The van der Waals surface area contributed by atoms with Crippen LogP contribution in [0, 0.1) is 0 Å². The Morgan fingerprint density at radius 3 is 2.67 bits per heavy atom. The zero-order valence-corrected chi connectivity index (χ0v) is 6.40. The normalized spacial score (nSPS) is 10.3. The fraction of sp³-hybridized carbons (Fsp3) is 0. The van der Waals surface area contributed by atoms with Crippen LogP contribution in [-0.4, -0.2) is 11.1 Å². The highest BCUT2D eigenvalue weighted by Gasteiger charge is 1.92. The minimum Gasteiger partial charge on any atom is -0.478 e. The van der Waals surface area contributed by atoms with Crippen molar-refractivity contribution in [2.24, 2.45) is 0 Å². The molecule has 0 spiro atoms. The van der Waals surface area contributed by atoms with Crippen molar-refractivity contribution in [1.29, 1.82) is 0 Å². The maximum atomic E-state index is 10.2. The minimum atomic E-state index is -0.974. The summed E-state index contributed by atoms with van der Waals surface area (Å²) in [6, 6.07) is 7.08. The number of nitrogens with two attached hydrogens (primary N) is 1. The van der Waals surface area contributed by atoms with Gasteiger partial charge in [-0.2, -0.15) is 0 Å². The largest absolute Gasteiger partial charge is 0.478 e. The molecule has 1 aromatic carbocycles. The van der Waals surface area contributed by atoms with Crippen molar-refractivity contribution in [3.63, 3.8) is 0 Å². The van der Waals surface area contributed by atoms with Crippen LogP contribution in [0.3, 0.4) is 0 Å². The number of carboxylic acid groups (broad SMARTS) is 1. The molecule has 1 aromatic rings. The van der Waals surface area contributed by atoms with Crippen LogP contribution < -0.4 is 5.73 Å². The molecule has 0 aliphatic heterocycles. The first kappa shape index (κ1) is 8.33. The van der Waals surface area contributed by atoms with Gasteiger partial charge in [-0.1, -0.05) is 18.2 Å². The molecule has 0 bridgehead atoms. The number of rotatable bonds is 2. The zero-order chi connectivity index (χ0) is 8.97. The van der Waals surface area contributed by atoms with Crippen molar-refractivity contribution in [2.45, 2.75) is 0 Å². The van der Waals surface area contributed by atoms with Crippen molar-refractivity contribution in [3.8, 4) is 0 Å². The fourth-order valence-corrected chi connectivity index (χ4v) is 0.824. The fourth-order valence-electron chi connectivity index (χ4n) is 0.824. The summed E-state index contributed by atoms with van der Waals surface area (Å²) in [5.74, 6) is -0.974. The maximum absolute atomic E-state index is 10.2. The molecule has 0 aliphatic carbocycles. The Balaban J connectivity index is 2.89. The van der Waals surface area contributed by atoms with Crippen LogP contribution in [0.15, 0.2) is 30.3 Å². The first-order valence-electron chi connectivity index (χ1n) is 3.45. The lowest BCUT2D eigenvalue weighted by Gasteiger charge is -1.96. The second-order valence-corrected chi connectivity index (χ2v) is 2.30. The number of carboxylic acids is 1. The van der Waals surface area contributed by atoms with Gasteiger partial charge in [0.15, 0.2) is 0 Å². The van der Waals surface area contributed by atoms with Gasteiger partial charge in [0.1, 0.15) is 0 Å². The molecule has 12 heavy (non-hydrogen) atoms. The summed E-state index contributed by atoms with van der Waals surface area (Å²) in [6.45, 7) is 0. The first-order valence-corrected chi connectivity index (χ1v) is 3.45. The monoisotopic (exact) mass is 163 g/mol. The molecule has 0 unspecified atom stereocenters. The molecule has 0 atom stereocenters. The molecule has 0 aliphatic rings. The van der Waals surface area contributed by atoms with Crippen LogP contribution in [0.4, 0.5) is 5.69 Å². The number of nitrogen functional groups attached to an aromatic ring is 1. The lowest BCUT2D eigenvalue weighted by Crippen LogP contribution is -1.90. The van der Waals surface area contributed by atoms with Gasteiger partial charge in [-0.15, -0.1) is 0 Å². The number of para-hydroxylation sites is 1. The van der Waals surface area contributed by atoms with Gasteiger partial charge in [-0.25, -0.2) is 4.79 Å². The topological polar surface area (TPSA) is 63.3 Å². The van der Waals surface area contributed by atoms with Crippen LogP contribution in [-0.2, 0) is 4.79 Å². The van der Waals surface area contributed by atoms with Crippen molar-refractivity contribution in [1.82, 2.24) is 0 Å². The number of hydrogen-bond donors (Lipinski definition) is 2. The molecule has 1 rings (SSSR count). The van der Waals surface area contributed by atoms with E-state index >= 15 is 0 Å². The summed E-state index contributed by atoms with van der Waals surface area (Å²) in [5.41, 5.74) is 6.86. The van der Waals surface area contributed by atoms with E-state index in [1.165, 1.54) is 6.08 Å². The molecule has 0 radical (unpaired) electrons. The first-order chi connectivity index (χ1) is 5.70. The Labute approximate surface area is 70.1 Å². The highest BCUT2D eigenvalue weighted by molar-refractivity contribution is 5.86. The summed E-state index contributed by atoms with van der Waals surface area (Å²) in [4.78, 5) is 10.2. The van der Waals surface area contributed by atoms with Gasteiger partial charge >= 0.3 is 5.97 Å². The van der Waals surface area contributed by atoms with Gasteiger partial charge < -0.3 is 10.8 Å². The van der Waals surface area contributed by atoms with Gasteiger partial charge in [-0.05, 0) is 17.7 Å². The lowest BCUT2D eigenvalue weighted by molar-refractivity contribution is -0.131. The molecule has 3 heteroatoms. The molecule has 3 N–H and O–H groups in total. The highest BCUT2D eigenvalue weighted by Crippen LogP contribution is 2.11. The molecule has 0 saturated carbocycles. The second kappa shape index (κ2) is 3.57. The Bertz CT molecular complexity index is 318. The third-order valence-corrected chi connectivity index (χ3v) is 1.40. The molecule has 0 fully saturated rings. The number of hydrogen-bond acceptors (Lipinski definition) is 2. The van der Waals surface area contributed by atoms with Gasteiger partial charge in [-0.3, -0.25) is 0 Å². The van der Waals surface area contributed by atoms with E-state index in [0.717, 1.165) is 11.6 Å². The molecule has 0 amide bonds. The van der Waals surface area contributed by atoms with E-state index in [-0.39, 0.29) is 0 Å². The van der Waals surface area contributed by atoms with Crippen LogP contribution in [0.2, 0.25) is 0 Å². The molecule has 62 valence electrons. The van der Waals surface area contributed by atoms with Crippen molar-refractivity contribution >= 4 is 17.7 Å². The summed E-state index contributed by atoms with van der Waals surface area (Å²) < 4.78 is 0. The van der Waals surface area contributed by atoms with Crippen molar-refractivity contribution < 1.29 is 9.90 Å². The SMILES string of the molecule is Nc1ccccc1C=CC(=O)O. The number of anilines is 1. The summed E-state index contributed by atoms with van der Waals surface area (Å²) in [6.07, 6.45) is 2.53. The average Bonchev–Trinajstić information content (AvgIpc) is 2.03. The Morgan fingerprint density at radius 1 is 1.42 bits per heavy atom. The molecule has 0 aromatic heterocycles. The third kappa shape index (κ3) is 2.12. The van der Waals surface area contributed by atoms with Crippen LogP contribution >= 0.6 is 0 Å². The lowest BCUT2D eigenvalue weighted by atomic mass is 10.2. The van der Waals surface area contributed by atoms with Crippen LogP contribution in [0.5, 0.6) is 0 Å². The van der Waals surface area contributed by atoms with Gasteiger partial charge in [0.25, 0.3) is 0 Å². The molecular formula is C9H9NO2. The zero-order valence-electron chi connectivity index (χ0n) is 6.40. The number of benzene rings is 1. The van der Waals surface area contributed by atoms with Crippen molar-refractivity contribution in [3.05, 3.63) is 35.9 Å². The molecule has 0 heterocycles. The molecular weight excluding hydrogens is 154 g/mol. The third-order valence-electron chi connectivity index (χ3n) is 1.40. The molecule has 0 saturated heterocycles. The quantitative estimate of drug-likeness (QED) is 0.511. The number of carbonyl (C=O) groups is 1. The van der Waals surface area contributed by atoms with Gasteiger partial charge in [0, 0.05) is 11.8 Å². The number of aliphatic carboxylic acids is 1. The summed E-state index contributed by atoms with van der Waals surface area (Å²) in [7, 11) is 0. The van der Waals surface area contributed by atoms with Gasteiger partial charge in [0.05, 0.1) is 0 Å². The van der Waals surface area contributed by atoms with E-state index in [2.05, 4.69) is 0 Å². The second-order valence-electron chi connectivity index (χ2n) is 2.30. The Morgan fingerprint density at radius 2 is 2.08 bits per heavy atom. The predicted octanol–water partition coefficient (Wildman–Crippen LogP) is 1.37. The van der Waals surface area contributed by atoms with E-state index in [0.29, 0.717) is 5.69 Å². The van der Waals surface area contributed by atoms with E-state index in [9.17, 15) is 4.79 Å². The van der Waals surface area contributed by atoms with E-state index in [1.54, 1.807) is 24.3 Å². The van der Waals surface area contributed by atoms with E-state index < -0.39 is 5.97 Å². The predicted molar refractivity (Wildman–Crippen MR) is 47.5 cm³/mol. The smallest absolute Gasteiger partial charge is 0.328 e. The van der Waals surface area contributed by atoms with Crippen LogP contribution in [0.25, 0.3) is 6.08 Å². The Hall–Kier alpha value is -1.77.